The minimum atomic E-state index is -0.233. The van der Waals surface area contributed by atoms with Crippen LogP contribution in [0.25, 0.3) is 21.8 Å². The summed E-state index contributed by atoms with van der Waals surface area (Å²) < 4.78 is 0. The van der Waals surface area contributed by atoms with Crippen LogP contribution in [0, 0.1) is 17.3 Å². The van der Waals surface area contributed by atoms with E-state index in [0.717, 1.165) is 19.3 Å². The van der Waals surface area contributed by atoms with Crippen LogP contribution in [0.1, 0.15) is 77.3 Å². The summed E-state index contributed by atoms with van der Waals surface area (Å²) in [4.78, 5) is 3.70. The first kappa shape index (κ1) is 18.9. The zero-order valence-corrected chi connectivity index (χ0v) is 18.9. The van der Waals surface area contributed by atoms with Gasteiger partial charge in [-0.2, -0.15) is 0 Å². The Labute approximate surface area is 180 Å². The Balaban J connectivity index is 1.76. The predicted molar refractivity (Wildman–Crippen MR) is 125 cm³/mol. The number of aromatic nitrogens is 1. The Morgan fingerprint density at radius 2 is 1.70 bits per heavy atom. The lowest BCUT2D eigenvalue weighted by molar-refractivity contribution is -0.0860. The number of aliphatic hydroxyl groups is 1. The summed E-state index contributed by atoms with van der Waals surface area (Å²) in [7, 11) is 0. The number of fused-ring (bicyclic) bond motifs is 5. The van der Waals surface area contributed by atoms with Crippen LogP contribution in [-0.4, -0.2) is 16.2 Å². The lowest BCUT2D eigenvalue weighted by Gasteiger charge is -2.59. The van der Waals surface area contributed by atoms with Crippen molar-refractivity contribution in [3.05, 3.63) is 47.5 Å². The van der Waals surface area contributed by atoms with E-state index < -0.39 is 0 Å². The smallest absolute Gasteiger partial charge is 0.0642 e. The molecule has 2 bridgehead atoms. The molecule has 5 unspecified atom stereocenters. The van der Waals surface area contributed by atoms with Crippen LogP contribution >= 0.6 is 0 Å². The molecule has 2 N–H and O–H groups in total. The number of hydrogen-bond donors (Lipinski definition) is 2. The number of H-pyrrole nitrogens is 1. The van der Waals surface area contributed by atoms with Crippen LogP contribution in [0.2, 0.25) is 0 Å². The second kappa shape index (κ2) is 5.91. The molecule has 2 saturated carbocycles. The zero-order valence-electron chi connectivity index (χ0n) is 18.9. The molecule has 1 heterocycles. The average molecular weight is 402 g/mol. The molecule has 4 aliphatic carbocycles. The van der Waals surface area contributed by atoms with Crippen LogP contribution in [0.4, 0.5) is 0 Å². The van der Waals surface area contributed by atoms with Gasteiger partial charge in [0.15, 0.2) is 0 Å². The highest BCUT2D eigenvalue weighted by atomic mass is 16.3. The molecule has 4 aliphatic rings. The second-order valence-electron chi connectivity index (χ2n) is 11.3. The van der Waals surface area contributed by atoms with E-state index in [0.29, 0.717) is 11.8 Å². The fourth-order valence-electron chi connectivity index (χ4n) is 8.20. The van der Waals surface area contributed by atoms with Crippen LogP contribution in [0.5, 0.6) is 0 Å². The van der Waals surface area contributed by atoms with Crippen molar-refractivity contribution in [2.24, 2.45) is 17.3 Å². The van der Waals surface area contributed by atoms with Gasteiger partial charge in [0, 0.05) is 27.2 Å². The van der Waals surface area contributed by atoms with Crippen molar-refractivity contribution >= 4 is 21.8 Å². The lowest BCUT2D eigenvalue weighted by Crippen LogP contribution is -2.59. The topological polar surface area (TPSA) is 36.0 Å². The molecular weight excluding hydrogens is 366 g/mol. The number of aliphatic hydroxyl groups excluding tert-OH is 1. The van der Waals surface area contributed by atoms with Crippen molar-refractivity contribution < 1.29 is 5.11 Å². The summed E-state index contributed by atoms with van der Waals surface area (Å²) in [6.45, 7) is 9.83. The third-order valence-corrected chi connectivity index (χ3v) is 10.4. The number of para-hydroxylation sites is 1. The van der Waals surface area contributed by atoms with Gasteiger partial charge < -0.3 is 10.1 Å². The zero-order chi connectivity index (χ0) is 20.9. The van der Waals surface area contributed by atoms with Gasteiger partial charge in [-0.25, -0.2) is 0 Å². The van der Waals surface area contributed by atoms with Crippen molar-refractivity contribution in [3.63, 3.8) is 0 Å². The Morgan fingerprint density at radius 3 is 2.50 bits per heavy atom. The van der Waals surface area contributed by atoms with Crippen molar-refractivity contribution in [3.8, 4) is 0 Å². The number of rotatable bonds is 1. The molecule has 0 radical (unpaired) electrons. The molecule has 2 nitrogen and oxygen atoms in total. The standard InChI is InChI=1S/C28H35NO/c1-17(2)27-12-11-26(4)18(3)9-10-25(30)28(26,14-13-27)22-15-20-19-7-5-6-8-23(19)29-24(20)16-21(22)27/h5-8,15-18,25,29-30H,9-14H2,1-4H3. The SMILES string of the molecule is CC(C)C12CCC3(C)C(C)CCC(O)C3(CC1)c1cc3c(cc12)[nH]c1ccccc13. The van der Waals surface area contributed by atoms with Crippen molar-refractivity contribution in [1.29, 1.82) is 0 Å². The van der Waals surface area contributed by atoms with Crippen LogP contribution in [0.15, 0.2) is 36.4 Å². The highest BCUT2D eigenvalue weighted by Crippen LogP contribution is 2.69. The van der Waals surface area contributed by atoms with Gasteiger partial charge in [0.25, 0.3) is 0 Å². The molecule has 1 aromatic heterocycles. The normalized spacial score (nSPS) is 38.1. The molecule has 0 saturated heterocycles. The number of aromatic amines is 1. The minimum Gasteiger partial charge on any atom is -0.392 e. The third kappa shape index (κ3) is 2.00. The quantitative estimate of drug-likeness (QED) is 0.460. The minimum absolute atomic E-state index is 0.110. The molecule has 3 aromatic rings. The van der Waals surface area contributed by atoms with Gasteiger partial charge in [-0.15, -0.1) is 0 Å². The van der Waals surface area contributed by atoms with Crippen molar-refractivity contribution in [2.75, 3.05) is 0 Å². The van der Waals surface area contributed by atoms with Gasteiger partial charge in [-0.3, -0.25) is 0 Å². The summed E-state index contributed by atoms with van der Waals surface area (Å²) in [6.07, 6.45) is 6.68. The van der Waals surface area contributed by atoms with E-state index in [9.17, 15) is 5.11 Å². The Kier molecular flexibility index (Phi) is 3.73. The molecule has 2 fully saturated rings. The molecule has 0 aliphatic heterocycles. The molecule has 5 atom stereocenters. The van der Waals surface area contributed by atoms with Gasteiger partial charge >= 0.3 is 0 Å². The molecule has 2 heteroatoms. The molecule has 1 spiro atoms. The van der Waals surface area contributed by atoms with E-state index in [4.69, 9.17) is 0 Å². The average Bonchev–Trinajstić information content (AvgIpc) is 2.98. The summed E-state index contributed by atoms with van der Waals surface area (Å²) in [5.41, 5.74) is 5.79. The molecule has 158 valence electrons. The van der Waals surface area contributed by atoms with Crippen LogP contribution in [0.3, 0.4) is 0 Å². The maximum Gasteiger partial charge on any atom is 0.0642 e. The Bertz CT molecular complexity index is 1160. The van der Waals surface area contributed by atoms with Gasteiger partial charge in [0.2, 0.25) is 0 Å². The van der Waals surface area contributed by atoms with Gasteiger partial charge in [-0.1, -0.05) is 45.9 Å². The summed E-state index contributed by atoms with van der Waals surface area (Å²) in [5, 5.41) is 14.3. The third-order valence-electron chi connectivity index (χ3n) is 10.4. The highest BCUT2D eigenvalue weighted by molar-refractivity contribution is 6.07. The van der Waals surface area contributed by atoms with E-state index in [1.165, 1.54) is 46.6 Å². The summed E-state index contributed by atoms with van der Waals surface area (Å²) in [6, 6.07) is 13.7. The molecular formula is C28H35NO. The van der Waals surface area contributed by atoms with Gasteiger partial charge in [0.1, 0.15) is 0 Å². The predicted octanol–water partition coefficient (Wildman–Crippen LogP) is 6.84. The van der Waals surface area contributed by atoms with Crippen LogP contribution < -0.4 is 0 Å². The number of hydrogen-bond acceptors (Lipinski definition) is 1. The van der Waals surface area contributed by atoms with E-state index in [-0.39, 0.29) is 22.3 Å². The van der Waals surface area contributed by atoms with E-state index >= 15 is 0 Å². The monoisotopic (exact) mass is 401 g/mol. The van der Waals surface area contributed by atoms with Crippen molar-refractivity contribution in [2.45, 2.75) is 83.2 Å². The van der Waals surface area contributed by atoms with Gasteiger partial charge in [-0.05, 0) is 90.5 Å². The Hall–Kier alpha value is -1.80. The molecule has 2 aromatic carbocycles. The molecule has 7 rings (SSSR count). The second-order valence-corrected chi connectivity index (χ2v) is 11.3. The van der Waals surface area contributed by atoms with Crippen LogP contribution in [-0.2, 0) is 10.8 Å². The highest BCUT2D eigenvalue weighted by Gasteiger charge is 2.65. The van der Waals surface area contributed by atoms with E-state index in [2.05, 4.69) is 69.1 Å². The fourth-order valence-corrected chi connectivity index (χ4v) is 8.20. The molecule has 0 amide bonds. The number of nitrogens with one attached hydrogen (secondary N) is 1. The first-order valence-electron chi connectivity index (χ1n) is 12.1. The largest absolute Gasteiger partial charge is 0.392 e. The first-order chi connectivity index (χ1) is 14.3. The maximum absolute atomic E-state index is 11.7. The Morgan fingerprint density at radius 1 is 0.933 bits per heavy atom. The van der Waals surface area contributed by atoms with Gasteiger partial charge in [0.05, 0.1) is 6.10 Å². The van der Waals surface area contributed by atoms with E-state index in [1.54, 1.807) is 5.56 Å². The number of benzene rings is 2. The summed E-state index contributed by atoms with van der Waals surface area (Å²) >= 11 is 0. The molecule has 30 heavy (non-hydrogen) atoms. The fraction of sp³-hybridized carbons (Fsp3) is 0.571. The van der Waals surface area contributed by atoms with E-state index in [1.807, 2.05) is 0 Å². The summed E-state index contributed by atoms with van der Waals surface area (Å²) in [5.74, 6) is 1.25. The lowest BCUT2D eigenvalue weighted by atomic mass is 9.45. The first-order valence-corrected chi connectivity index (χ1v) is 12.1. The maximum atomic E-state index is 11.7. The van der Waals surface area contributed by atoms with Crippen molar-refractivity contribution in [1.82, 2.24) is 4.98 Å².